The minimum atomic E-state index is 0.486. The molecule has 0 saturated heterocycles. The zero-order valence-corrected chi connectivity index (χ0v) is 13.7. The van der Waals surface area contributed by atoms with Gasteiger partial charge in [0, 0.05) is 28.3 Å². The van der Waals surface area contributed by atoms with Gasteiger partial charge in [-0.25, -0.2) is 9.50 Å². The number of hydrogen-bond donors (Lipinski definition) is 1. The molecule has 5 heteroatoms. The molecule has 1 aromatic carbocycles. The molecule has 3 heterocycles. The van der Waals surface area contributed by atoms with Crippen molar-refractivity contribution in [3.05, 3.63) is 60.7 Å². The Morgan fingerprint density at radius 3 is 2.88 bits per heavy atom. The molecule has 4 aromatic rings. The molecule has 0 spiro atoms. The van der Waals surface area contributed by atoms with Gasteiger partial charge < -0.3 is 5.73 Å². The largest absolute Gasteiger partial charge is 0.382 e. The zero-order chi connectivity index (χ0) is 17.0. The van der Waals surface area contributed by atoms with E-state index in [1.807, 2.05) is 28.9 Å². The number of allylic oxidation sites excluding steroid dienone is 1. The van der Waals surface area contributed by atoms with Gasteiger partial charge in [0.25, 0.3) is 0 Å². The van der Waals surface area contributed by atoms with E-state index in [1.165, 1.54) is 12.0 Å². The predicted octanol–water partition coefficient (Wildman–Crippen LogP) is 3.88. The number of benzene rings is 1. The normalized spacial score (nSPS) is 14.2. The van der Waals surface area contributed by atoms with Gasteiger partial charge in [-0.05, 0) is 37.0 Å². The fraction of sp³-hybridized carbons (Fsp3) is 0.150. The summed E-state index contributed by atoms with van der Waals surface area (Å²) in [7, 11) is 0. The predicted molar refractivity (Wildman–Crippen MR) is 100 cm³/mol. The molecule has 0 atom stereocenters. The molecule has 25 heavy (non-hydrogen) atoms. The maximum atomic E-state index is 6.24. The number of hydrogen-bond acceptors (Lipinski definition) is 4. The Labute approximate surface area is 144 Å². The number of aryl methyl sites for hydroxylation is 1. The van der Waals surface area contributed by atoms with Gasteiger partial charge in [-0.1, -0.05) is 24.8 Å². The van der Waals surface area contributed by atoms with Crippen LogP contribution in [0, 0.1) is 0 Å². The quantitative estimate of drug-likeness (QED) is 0.576. The van der Waals surface area contributed by atoms with Gasteiger partial charge in [0.15, 0.2) is 5.82 Å². The van der Waals surface area contributed by atoms with E-state index in [0.717, 1.165) is 57.9 Å². The Balaban J connectivity index is 1.91. The molecular weight excluding hydrogens is 310 g/mol. The topological polar surface area (TPSA) is 69.1 Å². The summed E-state index contributed by atoms with van der Waals surface area (Å²) >= 11 is 0. The van der Waals surface area contributed by atoms with Crippen molar-refractivity contribution in [2.45, 2.75) is 19.3 Å². The highest BCUT2D eigenvalue weighted by atomic mass is 15.3. The van der Waals surface area contributed by atoms with Crippen molar-refractivity contribution in [2.75, 3.05) is 5.73 Å². The number of pyridine rings is 1. The lowest BCUT2D eigenvalue weighted by Gasteiger charge is -2.16. The minimum absolute atomic E-state index is 0.486. The van der Waals surface area contributed by atoms with Crippen LogP contribution in [0.2, 0.25) is 0 Å². The molecule has 1 aliphatic rings. The number of nitrogen functional groups attached to an aromatic ring is 1. The van der Waals surface area contributed by atoms with E-state index >= 15 is 0 Å². The molecule has 0 amide bonds. The second-order valence-corrected chi connectivity index (χ2v) is 6.48. The monoisotopic (exact) mass is 327 g/mol. The van der Waals surface area contributed by atoms with Crippen molar-refractivity contribution in [1.82, 2.24) is 19.6 Å². The molecule has 5 rings (SSSR count). The minimum Gasteiger partial charge on any atom is -0.382 e. The lowest BCUT2D eigenvalue weighted by molar-refractivity contribution is 0.748. The van der Waals surface area contributed by atoms with Crippen LogP contribution in [0.15, 0.2) is 49.4 Å². The van der Waals surface area contributed by atoms with Crippen molar-refractivity contribution < 1.29 is 0 Å². The number of nitrogens with two attached hydrogens (primary N) is 1. The Morgan fingerprint density at radius 2 is 1.96 bits per heavy atom. The third-order valence-electron chi connectivity index (χ3n) is 4.97. The van der Waals surface area contributed by atoms with Gasteiger partial charge in [0.1, 0.15) is 11.8 Å². The smallest absolute Gasteiger partial charge is 0.152 e. The van der Waals surface area contributed by atoms with E-state index in [0.29, 0.717) is 5.82 Å². The summed E-state index contributed by atoms with van der Waals surface area (Å²) < 4.78 is 1.94. The van der Waals surface area contributed by atoms with Crippen LogP contribution >= 0.6 is 0 Å². The van der Waals surface area contributed by atoms with Crippen LogP contribution in [0.4, 0.5) is 5.82 Å². The molecule has 0 fully saturated rings. The van der Waals surface area contributed by atoms with Gasteiger partial charge in [-0.3, -0.25) is 4.98 Å². The molecule has 3 aromatic heterocycles. The zero-order valence-electron chi connectivity index (χ0n) is 13.7. The SMILES string of the molecule is C=C1CCCc2c1c(-c1cnc3ccccc3c1)c1c(N)ncnn21. The van der Waals surface area contributed by atoms with E-state index in [-0.39, 0.29) is 0 Å². The fourth-order valence-corrected chi connectivity index (χ4v) is 3.87. The van der Waals surface area contributed by atoms with Gasteiger partial charge >= 0.3 is 0 Å². The lowest BCUT2D eigenvalue weighted by atomic mass is 9.88. The highest BCUT2D eigenvalue weighted by Crippen LogP contribution is 2.42. The van der Waals surface area contributed by atoms with Crippen molar-refractivity contribution in [1.29, 1.82) is 0 Å². The van der Waals surface area contributed by atoms with Crippen LogP contribution in [0.25, 0.3) is 33.1 Å². The summed E-state index contributed by atoms with van der Waals surface area (Å²) in [6, 6.07) is 10.3. The Hall–Kier alpha value is -3.21. The second kappa shape index (κ2) is 5.14. The average Bonchev–Trinajstić information content (AvgIpc) is 2.99. The molecule has 0 radical (unpaired) electrons. The average molecular weight is 327 g/mol. The van der Waals surface area contributed by atoms with Crippen molar-refractivity contribution in [3.8, 4) is 11.1 Å². The highest BCUT2D eigenvalue weighted by molar-refractivity contribution is 5.99. The summed E-state index contributed by atoms with van der Waals surface area (Å²) in [5, 5.41) is 5.56. The second-order valence-electron chi connectivity index (χ2n) is 6.48. The lowest BCUT2D eigenvalue weighted by Crippen LogP contribution is -2.05. The first-order valence-corrected chi connectivity index (χ1v) is 8.41. The Bertz CT molecular complexity index is 1160. The summed E-state index contributed by atoms with van der Waals surface area (Å²) in [5.41, 5.74) is 13.6. The van der Waals surface area contributed by atoms with Crippen LogP contribution in [0.3, 0.4) is 0 Å². The molecule has 0 bridgehead atoms. The third-order valence-corrected chi connectivity index (χ3v) is 4.97. The van der Waals surface area contributed by atoms with Gasteiger partial charge in [0.2, 0.25) is 0 Å². The fourth-order valence-electron chi connectivity index (χ4n) is 3.87. The summed E-state index contributed by atoms with van der Waals surface area (Å²) in [4.78, 5) is 8.85. The summed E-state index contributed by atoms with van der Waals surface area (Å²) in [6.07, 6.45) is 6.46. The van der Waals surface area contributed by atoms with Gasteiger partial charge in [-0.15, -0.1) is 0 Å². The molecule has 0 aliphatic heterocycles. The molecule has 0 unspecified atom stereocenters. The van der Waals surface area contributed by atoms with Crippen molar-refractivity contribution in [2.24, 2.45) is 0 Å². The van der Waals surface area contributed by atoms with E-state index in [9.17, 15) is 0 Å². The van der Waals surface area contributed by atoms with E-state index < -0.39 is 0 Å². The Morgan fingerprint density at radius 1 is 1.08 bits per heavy atom. The van der Waals surface area contributed by atoms with Crippen LogP contribution in [0.1, 0.15) is 24.1 Å². The van der Waals surface area contributed by atoms with E-state index in [2.05, 4.69) is 33.8 Å². The molecular formula is C20H17N5. The first kappa shape index (κ1) is 14.2. The number of anilines is 1. The Kier molecular flexibility index (Phi) is 2.91. The van der Waals surface area contributed by atoms with Crippen molar-refractivity contribution >= 4 is 27.8 Å². The molecule has 122 valence electrons. The van der Waals surface area contributed by atoms with E-state index in [4.69, 9.17) is 5.73 Å². The number of rotatable bonds is 1. The summed E-state index contributed by atoms with van der Waals surface area (Å²) in [6.45, 7) is 4.31. The maximum absolute atomic E-state index is 6.24. The van der Waals surface area contributed by atoms with Crippen LogP contribution in [-0.4, -0.2) is 19.6 Å². The number of para-hydroxylation sites is 1. The van der Waals surface area contributed by atoms with Crippen LogP contribution < -0.4 is 5.73 Å². The molecule has 1 aliphatic carbocycles. The number of nitrogens with zero attached hydrogens (tertiary/aromatic N) is 4. The molecule has 0 saturated carbocycles. The highest BCUT2D eigenvalue weighted by Gasteiger charge is 2.26. The van der Waals surface area contributed by atoms with Gasteiger partial charge in [-0.2, -0.15) is 5.10 Å². The van der Waals surface area contributed by atoms with Gasteiger partial charge in [0.05, 0.1) is 11.2 Å². The first-order valence-electron chi connectivity index (χ1n) is 8.41. The number of fused-ring (bicyclic) bond motifs is 4. The summed E-state index contributed by atoms with van der Waals surface area (Å²) in [5.74, 6) is 0.486. The van der Waals surface area contributed by atoms with Crippen LogP contribution in [0.5, 0.6) is 0 Å². The third kappa shape index (κ3) is 1.99. The van der Waals surface area contributed by atoms with E-state index in [1.54, 1.807) is 0 Å². The van der Waals surface area contributed by atoms with Crippen molar-refractivity contribution in [3.63, 3.8) is 0 Å². The standard InChI is InChI=1S/C20H17N5/c1-12-5-4-8-16-17(12)18(19-20(21)23-11-24-25(16)19)14-9-13-6-2-3-7-15(13)22-10-14/h2-3,6-7,9-11H,1,4-5,8H2,(H2,21,23,24). The molecule has 2 N–H and O–H groups in total. The number of aromatic nitrogens is 4. The molecule has 5 nitrogen and oxygen atoms in total. The first-order chi connectivity index (χ1) is 12.2. The van der Waals surface area contributed by atoms with Crippen LogP contribution in [-0.2, 0) is 6.42 Å². The maximum Gasteiger partial charge on any atom is 0.152 e.